The molecule has 0 radical (unpaired) electrons. The van der Waals surface area contributed by atoms with Crippen molar-refractivity contribution in [2.75, 3.05) is 32.8 Å². The van der Waals surface area contributed by atoms with Crippen LogP contribution in [0.5, 0.6) is 0 Å². The van der Waals surface area contributed by atoms with Crippen LogP contribution in [0.25, 0.3) is 0 Å². The van der Waals surface area contributed by atoms with Crippen molar-refractivity contribution in [2.45, 2.75) is 104 Å². The standard InChI is InChI=1S/C28H51NO3/c1-5-8-9-10-11-12-13-14-15-16-17-18-19-22-27(4)31-25-21-26-32-28(30)23-20-24-29(6-2)7-3/h9-10,12-13H,4-8,11,14-26H2,1-3H3/b10-9-,13-12-. The van der Waals surface area contributed by atoms with Gasteiger partial charge in [-0.2, -0.15) is 0 Å². The van der Waals surface area contributed by atoms with E-state index in [0.717, 1.165) is 57.5 Å². The zero-order chi connectivity index (χ0) is 23.7. The van der Waals surface area contributed by atoms with Gasteiger partial charge in [0.25, 0.3) is 0 Å². The van der Waals surface area contributed by atoms with Gasteiger partial charge in [-0.15, -0.1) is 0 Å². The van der Waals surface area contributed by atoms with Crippen molar-refractivity contribution >= 4 is 5.97 Å². The molecule has 186 valence electrons. The lowest BCUT2D eigenvalue weighted by molar-refractivity contribution is -0.144. The summed E-state index contributed by atoms with van der Waals surface area (Å²) in [7, 11) is 0. The third-order valence-electron chi connectivity index (χ3n) is 5.49. The molecule has 0 aliphatic heterocycles. The Morgan fingerprint density at radius 3 is 2.12 bits per heavy atom. The van der Waals surface area contributed by atoms with Crippen molar-refractivity contribution in [1.82, 2.24) is 4.90 Å². The molecule has 0 spiro atoms. The Balaban J connectivity index is 3.41. The Labute approximate surface area is 199 Å². The maximum atomic E-state index is 11.7. The maximum absolute atomic E-state index is 11.7. The van der Waals surface area contributed by atoms with E-state index >= 15 is 0 Å². The van der Waals surface area contributed by atoms with E-state index in [9.17, 15) is 4.79 Å². The van der Waals surface area contributed by atoms with Crippen LogP contribution in [-0.2, 0) is 14.3 Å². The second kappa shape index (κ2) is 24.1. The lowest BCUT2D eigenvalue weighted by Gasteiger charge is -2.17. The fourth-order valence-corrected chi connectivity index (χ4v) is 3.38. The summed E-state index contributed by atoms with van der Waals surface area (Å²) in [5.74, 6) is 0.755. The van der Waals surface area contributed by atoms with Crippen LogP contribution in [0.4, 0.5) is 0 Å². The molecule has 0 saturated heterocycles. The highest BCUT2D eigenvalue weighted by atomic mass is 16.5. The summed E-state index contributed by atoms with van der Waals surface area (Å²) in [6.07, 6.45) is 23.0. The summed E-state index contributed by atoms with van der Waals surface area (Å²) >= 11 is 0. The number of allylic oxidation sites excluding steroid dienone is 5. The third-order valence-corrected chi connectivity index (χ3v) is 5.49. The lowest BCUT2D eigenvalue weighted by Crippen LogP contribution is -2.24. The van der Waals surface area contributed by atoms with Crippen LogP contribution in [0.1, 0.15) is 104 Å². The SMILES string of the molecule is C=C(CCCCCCC/C=C\C/C=C\CCC)OCCCOC(=O)CCCN(CC)CC. The van der Waals surface area contributed by atoms with E-state index in [1.54, 1.807) is 0 Å². The van der Waals surface area contributed by atoms with Crippen molar-refractivity contribution in [3.63, 3.8) is 0 Å². The first-order chi connectivity index (χ1) is 15.6. The Hall–Kier alpha value is -1.55. The fraction of sp³-hybridized carbons (Fsp3) is 0.750. The topological polar surface area (TPSA) is 38.8 Å². The van der Waals surface area contributed by atoms with Crippen molar-refractivity contribution in [3.05, 3.63) is 36.6 Å². The van der Waals surface area contributed by atoms with E-state index in [-0.39, 0.29) is 5.97 Å². The predicted molar refractivity (Wildman–Crippen MR) is 138 cm³/mol. The van der Waals surface area contributed by atoms with Gasteiger partial charge in [0, 0.05) is 19.3 Å². The Kier molecular flexibility index (Phi) is 22.9. The predicted octanol–water partition coefficient (Wildman–Crippen LogP) is 7.61. The summed E-state index contributed by atoms with van der Waals surface area (Å²) in [5, 5.41) is 0. The van der Waals surface area contributed by atoms with Crippen LogP contribution in [0.2, 0.25) is 0 Å². The normalized spacial score (nSPS) is 11.6. The molecular formula is C28H51NO3. The molecule has 0 amide bonds. The van der Waals surface area contributed by atoms with Crippen molar-refractivity contribution in [3.8, 4) is 0 Å². The van der Waals surface area contributed by atoms with Gasteiger partial charge in [-0.3, -0.25) is 4.79 Å². The smallest absolute Gasteiger partial charge is 0.305 e. The number of hydrogen-bond donors (Lipinski definition) is 0. The van der Waals surface area contributed by atoms with Crippen molar-refractivity contribution in [2.24, 2.45) is 0 Å². The molecule has 0 unspecified atom stereocenters. The Morgan fingerprint density at radius 2 is 1.41 bits per heavy atom. The number of nitrogens with zero attached hydrogens (tertiary/aromatic N) is 1. The van der Waals surface area contributed by atoms with Crippen LogP contribution < -0.4 is 0 Å². The summed E-state index contributed by atoms with van der Waals surface area (Å²) < 4.78 is 10.9. The van der Waals surface area contributed by atoms with E-state index in [4.69, 9.17) is 9.47 Å². The number of unbranched alkanes of at least 4 members (excludes halogenated alkanes) is 6. The highest BCUT2D eigenvalue weighted by Crippen LogP contribution is 2.12. The average molecular weight is 450 g/mol. The minimum absolute atomic E-state index is 0.102. The summed E-state index contributed by atoms with van der Waals surface area (Å²) in [5.41, 5.74) is 0. The molecule has 0 aromatic carbocycles. The minimum atomic E-state index is -0.102. The zero-order valence-corrected chi connectivity index (χ0v) is 21.4. The number of ether oxygens (including phenoxy) is 2. The monoisotopic (exact) mass is 449 g/mol. The van der Waals surface area contributed by atoms with Crippen LogP contribution in [0, 0.1) is 0 Å². The van der Waals surface area contributed by atoms with Gasteiger partial charge in [0.15, 0.2) is 0 Å². The van der Waals surface area contributed by atoms with Crippen LogP contribution in [0.3, 0.4) is 0 Å². The molecule has 0 saturated carbocycles. The first-order valence-electron chi connectivity index (χ1n) is 13.1. The van der Waals surface area contributed by atoms with Gasteiger partial charge < -0.3 is 14.4 Å². The van der Waals surface area contributed by atoms with Crippen LogP contribution in [0.15, 0.2) is 36.6 Å². The van der Waals surface area contributed by atoms with Crippen LogP contribution >= 0.6 is 0 Å². The summed E-state index contributed by atoms with van der Waals surface area (Å²) in [4.78, 5) is 14.1. The molecule has 0 fully saturated rings. The highest BCUT2D eigenvalue weighted by Gasteiger charge is 2.05. The molecule has 4 nitrogen and oxygen atoms in total. The lowest BCUT2D eigenvalue weighted by atomic mass is 10.1. The molecule has 0 rings (SSSR count). The van der Waals surface area contributed by atoms with E-state index in [0.29, 0.717) is 19.6 Å². The van der Waals surface area contributed by atoms with E-state index in [1.807, 2.05) is 0 Å². The molecule has 0 aliphatic carbocycles. The average Bonchev–Trinajstić information content (AvgIpc) is 2.79. The van der Waals surface area contributed by atoms with E-state index in [1.165, 1.54) is 44.9 Å². The van der Waals surface area contributed by atoms with Gasteiger partial charge in [0.1, 0.15) is 0 Å². The third kappa shape index (κ3) is 21.7. The molecular weight excluding hydrogens is 398 g/mol. The molecule has 32 heavy (non-hydrogen) atoms. The Bertz CT molecular complexity index is 495. The Morgan fingerprint density at radius 1 is 0.750 bits per heavy atom. The molecule has 0 N–H and O–H groups in total. The number of esters is 1. The second-order valence-electron chi connectivity index (χ2n) is 8.37. The van der Waals surface area contributed by atoms with Gasteiger partial charge in [-0.1, -0.05) is 77.3 Å². The largest absolute Gasteiger partial charge is 0.498 e. The number of carbonyl (C=O) groups excluding carboxylic acids is 1. The molecule has 0 aromatic heterocycles. The van der Waals surface area contributed by atoms with Crippen LogP contribution in [-0.4, -0.2) is 43.7 Å². The van der Waals surface area contributed by atoms with Gasteiger partial charge in [-0.25, -0.2) is 0 Å². The van der Waals surface area contributed by atoms with Gasteiger partial charge in [0.05, 0.1) is 19.0 Å². The quantitative estimate of drug-likeness (QED) is 0.0696. The van der Waals surface area contributed by atoms with Gasteiger partial charge in [0.2, 0.25) is 0 Å². The molecule has 0 aromatic rings. The molecule has 0 heterocycles. The number of hydrogen-bond acceptors (Lipinski definition) is 4. The minimum Gasteiger partial charge on any atom is -0.498 e. The zero-order valence-electron chi connectivity index (χ0n) is 21.4. The molecule has 0 atom stereocenters. The molecule has 4 heteroatoms. The van der Waals surface area contributed by atoms with E-state index in [2.05, 4.69) is 56.6 Å². The number of carbonyl (C=O) groups is 1. The first kappa shape index (κ1) is 30.4. The van der Waals surface area contributed by atoms with Gasteiger partial charge >= 0.3 is 5.97 Å². The van der Waals surface area contributed by atoms with E-state index < -0.39 is 0 Å². The first-order valence-corrected chi connectivity index (χ1v) is 13.1. The maximum Gasteiger partial charge on any atom is 0.305 e. The van der Waals surface area contributed by atoms with Crippen molar-refractivity contribution < 1.29 is 14.3 Å². The summed E-state index contributed by atoms with van der Waals surface area (Å²) in [6.45, 7) is 14.5. The molecule has 0 bridgehead atoms. The van der Waals surface area contributed by atoms with Crippen molar-refractivity contribution in [1.29, 1.82) is 0 Å². The van der Waals surface area contributed by atoms with Gasteiger partial charge in [-0.05, 0) is 58.2 Å². The summed E-state index contributed by atoms with van der Waals surface area (Å²) in [6, 6.07) is 0. The second-order valence-corrected chi connectivity index (χ2v) is 8.37. The fourth-order valence-electron chi connectivity index (χ4n) is 3.38. The highest BCUT2D eigenvalue weighted by molar-refractivity contribution is 5.69. The molecule has 0 aliphatic rings. The number of rotatable bonds is 23.